The lowest BCUT2D eigenvalue weighted by Gasteiger charge is -2.20. The molecular formula is C15H21ClN2O3. The standard InChI is InChI=1S/C15H21ClN2O3/c1-3-13(11-4-6-12(16)7-5-11)17-14(19)10-18(2)9-8-15(20)21/h4-7,13H,3,8-10H2,1-2H3,(H,17,19)(H,20,21). The molecule has 1 aromatic rings. The third kappa shape index (κ3) is 6.60. The van der Waals surface area contributed by atoms with Crippen LogP contribution in [-0.2, 0) is 9.59 Å². The van der Waals surface area contributed by atoms with Crippen molar-refractivity contribution in [3.05, 3.63) is 34.9 Å². The average molecular weight is 313 g/mol. The van der Waals surface area contributed by atoms with E-state index in [2.05, 4.69) is 5.32 Å². The predicted molar refractivity (Wildman–Crippen MR) is 82.4 cm³/mol. The molecule has 1 rings (SSSR count). The van der Waals surface area contributed by atoms with Crippen LogP contribution in [0.2, 0.25) is 5.02 Å². The molecule has 1 atom stereocenters. The highest BCUT2D eigenvalue weighted by molar-refractivity contribution is 6.30. The second kappa shape index (κ2) is 8.64. The number of aliphatic carboxylic acids is 1. The number of carboxylic acids is 1. The summed E-state index contributed by atoms with van der Waals surface area (Å²) in [5.41, 5.74) is 1.00. The highest BCUT2D eigenvalue weighted by atomic mass is 35.5. The zero-order chi connectivity index (χ0) is 15.8. The number of rotatable bonds is 8. The first-order valence-electron chi connectivity index (χ1n) is 6.87. The molecule has 2 N–H and O–H groups in total. The van der Waals surface area contributed by atoms with Crippen molar-refractivity contribution >= 4 is 23.5 Å². The van der Waals surface area contributed by atoms with Gasteiger partial charge in [-0.05, 0) is 31.2 Å². The van der Waals surface area contributed by atoms with Crippen LogP contribution >= 0.6 is 11.6 Å². The van der Waals surface area contributed by atoms with Crippen molar-refractivity contribution in [2.45, 2.75) is 25.8 Å². The summed E-state index contributed by atoms with van der Waals surface area (Å²) >= 11 is 5.85. The monoisotopic (exact) mass is 312 g/mol. The van der Waals surface area contributed by atoms with Crippen molar-refractivity contribution in [1.29, 1.82) is 0 Å². The molecule has 0 radical (unpaired) electrons. The molecule has 0 aliphatic heterocycles. The molecule has 1 aromatic carbocycles. The second-order valence-electron chi connectivity index (χ2n) is 4.96. The Morgan fingerprint density at radius 1 is 1.33 bits per heavy atom. The van der Waals surface area contributed by atoms with E-state index in [1.165, 1.54) is 0 Å². The van der Waals surface area contributed by atoms with E-state index in [1.54, 1.807) is 24.1 Å². The van der Waals surface area contributed by atoms with Crippen LogP contribution in [0.3, 0.4) is 0 Å². The highest BCUT2D eigenvalue weighted by Crippen LogP contribution is 2.19. The summed E-state index contributed by atoms with van der Waals surface area (Å²) in [5, 5.41) is 12.2. The van der Waals surface area contributed by atoms with Crippen LogP contribution in [0.25, 0.3) is 0 Å². The minimum atomic E-state index is -0.866. The second-order valence-corrected chi connectivity index (χ2v) is 5.40. The average Bonchev–Trinajstić information content (AvgIpc) is 2.43. The lowest BCUT2D eigenvalue weighted by molar-refractivity contribution is -0.137. The molecule has 0 saturated carbocycles. The molecule has 0 aliphatic rings. The fourth-order valence-corrected chi connectivity index (χ4v) is 2.09. The van der Waals surface area contributed by atoms with Gasteiger partial charge in [0.2, 0.25) is 5.91 Å². The van der Waals surface area contributed by atoms with Gasteiger partial charge in [0.1, 0.15) is 0 Å². The Balaban J connectivity index is 2.51. The van der Waals surface area contributed by atoms with Gasteiger partial charge in [-0.1, -0.05) is 30.7 Å². The van der Waals surface area contributed by atoms with Crippen LogP contribution in [0.4, 0.5) is 0 Å². The molecule has 0 aromatic heterocycles. The van der Waals surface area contributed by atoms with E-state index in [4.69, 9.17) is 16.7 Å². The minimum absolute atomic E-state index is 0.0260. The molecule has 5 nitrogen and oxygen atoms in total. The van der Waals surface area contributed by atoms with E-state index in [0.29, 0.717) is 11.6 Å². The molecular weight excluding hydrogens is 292 g/mol. The van der Waals surface area contributed by atoms with Crippen molar-refractivity contribution in [2.24, 2.45) is 0 Å². The highest BCUT2D eigenvalue weighted by Gasteiger charge is 2.14. The van der Waals surface area contributed by atoms with Gasteiger partial charge < -0.3 is 10.4 Å². The third-order valence-corrected chi connectivity index (χ3v) is 3.39. The summed E-state index contributed by atoms with van der Waals surface area (Å²) in [7, 11) is 1.73. The van der Waals surface area contributed by atoms with Gasteiger partial charge in [-0.2, -0.15) is 0 Å². The molecule has 0 bridgehead atoms. The first-order valence-corrected chi connectivity index (χ1v) is 7.25. The fourth-order valence-electron chi connectivity index (χ4n) is 1.97. The lowest BCUT2D eigenvalue weighted by Crippen LogP contribution is -2.37. The molecule has 0 spiro atoms. The van der Waals surface area contributed by atoms with E-state index in [-0.39, 0.29) is 24.9 Å². The van der Waals surface area contributed by atoms with E-state index >= 15 is 0 Å². The molecule has 1 unspecified atom stereocenters. The normalized spacial score (nSPS) is 12.2. The molecule has 0 saturated heterocycles. The number of amides is 1. The maximum absolute atomic E-state index is 12.0. The molecule has 116 valence electrons. The largest absolute Gasteiger partial charge is 0.481 e. The summed E-state index contributed by atoms with van der Waals surface area (Å²) < 4.78 is 0. The maximum Gasteiger partial charge on any atom is 0.304 e. The summed E-state index contributed by atoms with van der Waals surface area (Å²) in [6.07, 6.45) is 0.796. The molecule has 1 amide bonds. The van der Waals surface area contributed by atoms with Gasteiger partial charge in [-0.3, -0.25) is 14.5 Å². The van der Waals surface area contributed by atoms with Gasteiger partial charge in [0.05, 0.1) is 19.0 Å². The van der Waals surface area contributed by atoms with Gasteiger partial charge in [-0.25, -0.2) is 0 Å². The number of benzene rings is 1. The number of hydrogen-bond donors (Lipinski definition) is 2. The Labute approximate surface area is 129 Å². The van der Waals surface area contributed by atoms with E-state index in [9.17, 15) is 9.59 Å². The van der Waals surface area contributed by atoms with Crippen LogP contribution < -0.4 is 5.32 Å². The summed E-state index contributed by atoms with van der Waals surface area (Å²) in [4.78, 5) is 24.2. The van der Waals surface area contributed by atoms with Crippen molar-refractivity contribution < 1.29 is 14.7 Å². The number of nitrogens with zero attached hydrogens (tertiary/aromatic N) is 1. The molecule has 0 aliphatic carbocycles. The van der Waals surface area contributed by atoms with Crippen LogP contribution in [0.1, 0.15) is 31.4 Å². The smallest absolute Gasteiger partial charge is 0.304 e. The summed E-state index contributed by atoms with van der Waals surface area (Å²) in [5.74, 6) is -0.987. The number of carbonyl (C=O) groups excluding carboxylic acids is 1. The first kappa shape index (κ1) is 17.5. The van der Waals surface area contributed by atoms with Crippen molar-refractivity contribution in [2.75, 3.05) is 20.1 Å². The number of likely N-dealkylation sites (N-methyl/N-ethyl adjacent to an activating group) is 1. The maximum atomic E-state index is 12.0. The zero-order valence-corrected chi connectivity index (χ0v) is 13.1. The summed E-state index contributed by atoms with van der Waals surface area (Å²) in [6, 6.07) is 7.31. The fraction of sp³-hybridized carbons (Fsp3) is 0.467. The zero-order valence-electron chi connectivity index (χ0n) is 12.3. The Kier molecular flexibility index (Phi) is 7.19. The van der Waals surface area contributed by atoms with Crippen LogP contribution in [-0.4, -0.2) is 42.0 Å². The Hall–Kier alpha value is -1.59. The van der Waals surface area contributed by atoms with Crippen LogP contribution in [0.5, 0.6) is 0 Å². The topological polar surface area (TPSA) is 69.6 Å². The van der Waals surface area contributed by atoms with E-state index < -0.39 is 5.97 Å². The quantitative estimate of drug-likeness (QED) is 0.773. The molecule has 6 heteroatoms. The van der Waals surface area contributed by atoms with Gasteiger partial charge in [0.25, 0.3) is 0 Å². The van der Waals surface area contributed by atoms with Gasteiger partial charge in [-0.15, -0.1) is 0 Å². The first-order chi connectivity index (χ1) is 9.92. The predicted octanol–water partition coefficient (Wildman–Crippen LogP) is 2.31. The van der Waals surface area contributed by atoms with Crippen LogP contribution in [0.15, 0.2) is 24.3 Å². The minimum Gasteiger partial charge on any atom is -0.481 e. The molecule has 0 heterocycles. The Bertz CT molecular complexity index is 476. The van der Waals surface area contributed by atoms with Crippen molar-refractivity contribution in [1.82, 2.24) is 10.2 Å². The van der Waals surface area contributed by atoms with Gasteiger partial charge >= 0.3 is 5.97 Å². The molecule has 0 fully saturated rings. The van der Waals surface area contributed by atoms with Crippen LogP contribution in [0, 0.1) is 0 Å². The number of halogens is 1. The Morgan fingerprint density at radius 3 is 2.48 bits per heavy atom. The number of carbonyl (C=O) groups is 2. The number of hydrogen-bond acceptors (Lipinski definition) is 3. The molecule has 21 heavy (non-hydrogen) atoms. The van der Waals surface area contributed by atoms with E-state index in [1.807, 2.05) is 19.1 Å². The lowest BCUT2D eigenvalue weighted by atomic mass is 10.0. The number of nitrogens with one attached hydrogen (secondary N) is 1. The number of carboxylic acid groups (broad SMARTS) is 1. The Morgan fingerprint density at radius 2 is 1.95 bits per heavy atom. The van der Waals surface area contributed by atoms with E-state index in [0.717, 1.165) is 12.0 Å². The van der Waals surface area contributed by atoms with Gasteiger partial charge in [0, 0.05) is 11.6 Å². The van der Waals surface area contributed by atoms with Gasteiger partial charge in [0.15, 0.2) is 0 Å². The third-order valence-electron chi connectivity index (χ3n) is 3.14. The summed E-state index contributed by atoms with van der Waals surface area (Å²) in [6.45, 7) is 2.52. The van der Waals surface area contributed by atoms with Crippen molar-refractivity contribution in [3.63, 3.8) is 0 Å². The SMILES string of the molecule is CCC(NC(=O)CN(C)CCC(=O)O)c1ccc(Cl)cc1. The van der Waals surface area contributed by atoms with Crippen molar-refractivity contribution in [3.8, 4) is 0 Å².